The molecule has 0 bridgehead atoms. The van der Waals surface area contributed by atoms with Crippen molar-refractivity contribution in [1.29, 1.82) is 0 Å². The fourth-order valence-electron chi connectivity index (χ4n) is 2.70. The Kier molecular flexibility index (Phi) is 5.49. The van der Waals surface area contributed by atoms with E-state index in [2.05, 4.69) is 19.5 Å². The second-order valence-electron chi connectivity index (χ2n) is 6.07. The highest BCUT2D eigenvalue weighted by atomic mass is 31.2. The van der Waals surface area contributed by atoms with E-state index in [0.29, 0.717) is 0 Å². The lowest BCUT2D eigenvalue weighted by molar-refractivity contribution is -0.0484. The summed E-state index contributed by atoms with van der Waals surface area (Å²) < 4.78 is 33.7. The number of fused-ring (bicyclic) bond motifs is 1. The summed E-state index contributed by atoms with van der Waals surface area (Å²) in [7, 11) is -9.49. The summed E-state index contributed by atoms with van der Waals surface area (Å²) in [6, 6.07) is 0. The Morgan fingerprint density at radius 3 is 2.61 bits per heavy atom. The molecular weight excluding hydrogens is 424 g/mol. The van der Waals surface area contributed by atoms with E-state index in [1.165, 1.54) is 0 Å². The number of nitrogens with one attached hydrogen (secondary N) is 1. The summed E-state index contributed by atoms with van der Waals surface area (Å²) in [4.78, 5) is 48.4. The molecule has 3 rings (SSSR count). The van der Waals surface area contributed by atoms with E-state index in [1.807, 2.05) is 0 Å². The largest absolute Gasteiger partial charge is 0.387 e. The van der Waals surface area contributed by atoms with Crippen molar-refractivity contribution in [3.05, 3.63) is 16.8 Å². The van der Waals surface area contributed by atoms with Crippen LogP contribution in [0.4, 0.5) is 5.82 Å². The van der Waals surface area contributed by atoms with Crippen LogP contribution in [0.2, 0.25) is 0 Å². The number of nitrogens with zero attached hydrogens (tertiary/aromatic N) is 3. The molecule has 1 fully saturated rings. The van der Waals surface area contributed by atoms with Crippen LogP contribution in [0, 0.1) is 0 Å². The van der Waals surface area contributed by atoms with Gasteiger partial charge in [-0.25, -0.2) is 9.78 Å². The number of nitrogens with two attached hydrogens (primary N) is 1. The number of H-pyrrole nitrogens is 1. The normalized spacial score (nSPS) is 27.9. The van der Waals surface area contributed by atoms with Crippen LogP contribution in [0.5, 0.6) is 0 Å². The molecule has 8 N–H and O–H groups in total. The zero-order valence-electron chi connectivity index (χ0n) is 13.9. The summed E-state index contributed by atoms with van der Waals surface area (Å²) in [6.45, 7) is -0.745. The van der Waals surface area contributed by atoms with E-state index in [-0.39, 0.29) is 17.0 Å². The fraction of sp³-hybridized carbons (Fsp3) is 0.545. The van der Waals surface area contributed by atoms with Crippen LogP contribution in [0.1, 0.15) is 6.23 Å². The minimum Gasteiger partial charge on any atom is -0.387 e. The topological polar surface area (TPSA) is 243 Å². The standard InChI is InChI=1S/C11H17N5O10P2/c12-8-5-9(15-11(19)14-8)16(2-13-5)10-7(18)6(17)4(26-10)1-25-28(23,24)3-27(20,21)22/h2,4,6-7,10,17-18H,1,3H2,(H,23,24)(H2,20,21,22)(H3,12,14,15,19)/t4-,6-,7-,10-/m1/s1. The Bertz CT molecular complexity index is 1030. The van der Waals surface area contributed by atoms with Gasteiger partial charge in [-0.1, -0.05) is 0 Å². The summed E-state index contributed by atoms with van der Waals surface area (Å²) >= 11 is 0. The lowest BCUT2D eigenvalue weighted by Crippen LogP contribution is -2.33. The van der Waals surface area contributed by atoms with Crippen molar-refractivity contribution in [1.82, 2.24) is 19.5 Å². The molecule has 0 aliphatic carbocycles. The minimum atomic E-state index is -4.82. The van der Waals surface area contributed by atoms with Gasteiger partial charge in [-0.05, 0) is 0 Å². The molecule has 1 aliphatic rings. The maximum atomic E-state index is 11.7. The second-order valence-corrected chi connectivity index (χ2v) is 10.1. The molecule has 1 saturated heterocycles. The summed E-state index contributed by atoms with van der Waals surface area (Å²) in [5, 5.41) is 20.3. The van der Waals surface area contributed by atoms with E-state index >= 15 is 0 Å². The molecule has 2 aromatic rings. The quantitative estimate of drug-likeness (QED) is 0.233. The van der Waals surface area contributed by atoms with Gasteiger partial charge in [-0.15, -0.1) is 0 Å². The minimum absolute atomic E-state index is 0.0339. The molecule has 0 radical (unpaired) electrons. The first-order valence-corrected chi connectivity index (χ1v) is 11.2. The molecule has 156 valence electrons. The zero-order valence-corrected chi connectivity index (χ0v) is 15.7. The highest BCUT2D eigenvalue weighted by Gasteiger charge is 2.45. The number of imidazole rings is 1. The van der Waals surface area contributed by atoms with Gasteiger partial charge in [0.15, 0.2) is 17.8 Å². The lowest BCUT2D eigenvalue weighted by Gasteiger charge is -2.18. The number of rotatable bonds is 6. The molecule has 5 atom stereocenters. The van der Waals surface area contributed by atoms with Crippen molar-refractivity contribution < 1.29 is 43.3 Å². The van der Waals surface area contributed by atoms with Crippen LogP contribution >= 0.6 is 15.2 Å². The van der Waals surface area contributed by atoms with Gasteiger partial charge in [0.2, 0.25) is 0 Å². The molecule has 1 aliphatic heterocycles. The van der Waals surface area contributed by atoms with Gasteiger partial charge >= 0.3 is 20.9 Å². The Balaban J connectivity index is 1.79. The molecule has 0 amide bonds. The highest BCUT2D eigenvalue weighted by molar-refractivity contribution is 7.70. The van der Waals surface area contributed by atoms with Gasteiger partial charge in [-0.2, -0.15) is 4.98 Å². The Hall–Kier alpha value is -1.67. The van der Waals surface area contributed by atoms with Crippen molar-refractivity contribution in [2.75, 3.05) is 18.2 Å². The molecule has 3 heterocycles. The first kappa shape index (κ1) is 21.0. The molecule has 28 heavy (non-hydrogen) atoms. The number of aromatic amines is 1. The number of aliphatic hydroxyl groups is 2. The molecular formula is C11H17N5O10P2. The number of nitrogen functional groups attached to an aromatic ring is 1. The summed E-state index contributed by atoms with van der Waals surface area (Å²) in [6.07, 6.45) is -4.60. The predicted octanol–water partition coefficient (Wildman–Crippen LogP) is -2.34. The smallest absolute Gasteiger partial charge is 0.348 e. The highest BCUT2D eigenvalue weighted by Crippen LogP contribution is 2.55. The first-order chi connectivity index (χ1) is 12.9. The van der Waals surface area contributed by atoms with Gasteiger partial charge in [-0.3, -0.25) is 18.7 Å². The lowest BCUT2D eigenvalue weighted by atomic mass is 10.1. The van der Waals surface area contributed by atoms with E-state index in [4.69, 9.17) is 20.3 Å². The van der Waals surface area contributed by atoms with Crippen LogP contribution in [-0.2, 0) is 18.4 Å². The number of aromatic nitrogens is 4. The van der Waals surface area contributed by atoms with Crippen molar-refractivity contribution >= 4 is 32.2 Å². The SMILES string of the molecule is Nc1[nH]c(=O)nc2c1ncn2[C@@H]1O[C@H](COP(=O)(O)CP(=O)(O)O)[C@@H](O)[C@H]1O. The summed E-state index contributed by atoms with van der Waals surface area (Å²) in [5.41, 5.74) is 4.94. The molecule has 17 heteroatoms. The number of ether oxygens (including phenoxy) is 1. The molecule has 0 spiro atoms. The molecule has 0 saturated carbocycles. The molecule has 2 aromatic heterocycles. The van der Waals surface area contributed by atoms with Crippen LogP contribution < -0.4 is 11.4 Å². The molecule has 0 aromatic carbocycles. The summed E-state index contributed by atoms with van der Waals surface area (Å²) in [5.74, 6) is -1.48. The van der Waals surface area contributed by atoms with Gasteiger partial charge in [0.25, 0.3) is 0 Å². The Morgan fingerprint density at radius 1 is 1.29 bits per heavy atom. The van der Waals surface area contributed by atoms with Gasteiger partial charge in [0, 0.05) is 0 Å². The van der Waals surface area contributed by atoms with Crippen LogP contribution in [0.3, 0.4) is 0 Å². The average molecular weight is 441 g/mol. The predicted molar refractivity (Wildman–Crippen MR) is 91.2 cm³/mol. The maximum Gasteiger partial charge on any atom is 0.348 e. The van der Waals surface area contributed by atoms with Gasteiger partial charge < -0.3 is 39.9 Å². The number of hydrogen-bond acceptors (Lipinski definition) is 10. The van der Waals surface area contributed by atoms with Crippen LogP contribution in [-0.4, -0.2) is 75.2 Å². The van der Waals surface area contributed by atoms with Gasteiger partial charge in [0.1, 0.15) is 29.6 Å². The van der Waals surface area contributed by atoms with Crippen molar-refractivity contribution in [2.24, 2.45) is 0 Å². The first-order valence-electron chi connectivity index (χ1n) is 7.63. The van der Waals surface area contributed by atoms with Crippen LogP contribution in [0.15, 0.2) is 11.1 Å². The zero-order chi connectivity index (χ0) is 20.9. The molecule has 15 nitrogen and oxygen atoms in total. The monoisotopic (exact) mass is 441 g/mol. The average Bonchev–Trinajstić information content (AvgIpc) is 3.06. The third-order valence-corrected chi connectivity index (χ3v) is 7.34. The van der Waals surface area contributed by atoms with Gasteiger partial charge in [0.05, 0.1) is 12.9 Å². The number of aliphatic hydroxyl groups excluding tert-OH is 2. The third kappa shape index (κ3) is 4.33. The van der Waals surface area contributed by atoms with E-state index in [0.717, 1.165) is 10.9 Å². The van der Waals surface area contributed by atoms with Crippen molar-refractivity contribution in [3.63, 3.8) is 0 Å². The van der Waals surface area contributed by atoms with Crippen LogP contribution in [0.25, 0.3) is 11.2 Å². The second kappa shape index (κ2) is 7.30. The van der Waals surface area contributed by atoms with Crippen molar-refractivity contribution in [2.45, 2.75) is 24.5 Å². The Morgan fingerprint density at radius 2 is 1.96 bits per heavy atom. The van der Waals surface area contributed by atoms with E-state index in [9.17, 15) is 29.0 Å². The third-order valence-electron chi connectivity index (χ3n) is 3.89. The maximum absolute atomic E-state index is 11.7. The van der Waals surface area contributed by atoms with E-state index < -0.39 is 57.9 Å². The fourth-order valence-corrected chi connectivity index (χ4v) is 5.27. The number of hydrogen-bond donors (Lipinski definition) is 7. The molecule has 1 unspecified atom stereocenters. The number of anilines is 1. The Labute approximate surface area is 155 Å². The van der Waals surface area contributed by atoms with Crippen molar-refractivity contribution in [3.8, 4) is 0 Å². The van der Waals surface area contributed by atoms with E-state index in [1.54, 1.807) is 0 Å².